The maximum absolute atomic E-state index is 11.7. The quantitative estimate of drug-likeness (QED) is 0.717. The highest BCUT2D eigenvalue weighted by Gasteiger charge is 2.06. The van der Waals surface area contributed by atoms with Crippen molar-refractivity contribution in [2.24, 2.45) is 0 Å². The van der Waals surface area contributed by atoms with E-state index >= 15 is 0 Å². The lowest BCUT2D eigenvalue weighted by Gasteiger charge is -2.13. The molecule has 0 aliphatic carbocycles. The van der Waals surface area contributed by atoms with Crippen LogP contribution >= 0.6 is 0 Å². The molecular weight excluding hydrogens is 256 g/mol. The Labute approximate surface area is 119 Å². The molecule has 0 bridgehead atoms. The Morgan fingerprint density at radius 2 is 1.90 bits per heavy atom. The van der Waals surface area contributed by atoms with Gasteiger partial charge in [-0.1, -0.05) is 25.5 Å². The largest absolute Gasteiger partial charge is 0.481 e. The molecule has 1 aromatic rings. The highest BCUT2D eigenvalue weighted by Crippen LogP contribution is 2.11. The summed E-state index contributed by atoms with van der Waals surface area (Å²) in [5, 5.41) is 14.2. The third kappa shape index (κ3) is 6.22. The van der Waals surface area contributed by atoms with Crippen molar-refractivity contribution in [2.45, 2.75) is 45.6 Å². The number of benzene rings is 1. The van der Waals surface area contributed by atoms with E-state index in [1.165, 1.54) is 0 Å². The highest BCUT2D eigenvalue weighted by atomic mass is 16.4. The van der Waals surface area contributed by atoms with Gasteiger partial charge in [0.1, 0.15) is 0 Å². The summed E-state index contributed by atoms with van der Waals surface area (Å²) in [5.74, 6) is -0.809. The Kier molecular flexibility index (Phi) is 6.56. The lowest BCUT2D eigenvalue weighted by molar-refractivity contribution is -0.136. The monoisotopic (exact) mass is 278 g/mol. The summed E-state index contributed by atoms with van der Waals surface area (Å²) >= 11 is 0. The Morgan fingerprint density at radius 3 is 2.45 bits per heavy atom. The van der Waals surface area contributed by atoms with Crippen LogP contribution in [0.25, 0.3) is 0 Å². The number of aryl methyl sites for hydroxylation is 1. The van der Waals surface area contributed by atoms with Crippen molar-refractivity contribution < 1.29 is 14.7 Å². The molecule has 2 amide bonds. The van der Waals surface area contributed by atoms with Crippen LogP contribution in [-0.4, -0.2) is 23.1 Å². The lowest BCUT2D eigenvalue weighted by atomic mass is 10.1. The van der Waals surface area contributed by atoms with Crippen molar-refractivity contribution in [3.05, 3.63) is 29.8 Å². The molecule has 0 saturated heterocycles. The number of urea groups is 1. The van der Waals surface area contributed by atoms with Crippen LogP contribution in [0.15, 0.2) is 24.3 Å². The average molecular weight is 278 g/mol. The molecule has 0 saturated carbocycles. The van der Waals surface area contributed by atoms with Gasteiger partial charge in [0.05, 0.1) is 0 Å². The second-order valence-corrected chi connectivity index (χ2v) is 4.88. The van der Waals surface area contributed by atoms with E-state index in [4.69, 9.17) is 5.11 Å². The van der Waals surface area contributed by atoms with Crippen LogP contribution in [0.1, 0.15) is 38.7 Å². The molecule has 0 aliphatic heterocycles. The molecule has 1 unspecified atom stereocenters. The van der Waals surface area contributed by atoms with E-state index in [1.54, 1.807) is 12.1 Å². The van der Waals surface area contributed by atoms with Crippen molar-refractivity contribution in [3.63, 3.8) is 0 Å². The minimum Gasteiger partial charge on any atom is -0.481 e. The van der Waals surface area contributed by atoms with Gasteiger partial charge in [-0.25, -0.2) is 4.79 Å². The molecule has 0 heterocycles. The van der Waals surface area contributed by atoms with Crippen LogP contribution in [0.3, 0.4) is 0 Å². The first kappa shape index (κ1) is 16.0. The van der Waals surface area contributed by atoms with Crippen LogP contribution in [0.4, 0.5) is 10.5 Å². The van der Waals surface area contributed by atoms with Crippen LogP contribution in [0.2, 0.25) is 0 Å². The Balaban J connectivity index is 2.44. The fourth-order valence-electron chi connectivity index (χ4n) is 1.90. The molecule has 3 N–H and O–H groups in total. The number of hydrogen-bond acceptors (Lipinski definition) is 2. The standard InChI is InChI=1S/C15H22N2O3/c1-3-4-11(2)16-15(20)17-13-8-5-12(6-9-13)7-10-14(18)19/h5-6,8-9,11H,3-4,7,10H2,1-2H3,(H,18,19)(H2,16,17,20). The molecule has 5 heteroatoms. The van der Waals surface area contributed by atoms with E-state index < -0.39 is 5.97 Å². The summed E-state index contributed by atoms with van der Waals surface area (Å²) in [6, 6.07) is 7.14. The third-order valence-electron chi connectivity index (χ3n) is 2.94. The minimum atomic E-state index is -0.809. The summed E-state index contributed by atoms with van der Waals surface area (Å²) in [6.07, 6.45) is 2.58. The molecule has 0 aliphatic rings. The lowest BCUT2D eigenvalue weighted by Crippen LogP contribution is -2.35. The number of amides is 2. The number of aliphatic carboxylic acids is 1. The topological polar surface area (TPSA) is 78.4 Å². The van der Waals surface area contributed by atoms with E-state index in [0.717, 1.165) is 18.4 Å². The molecule has 0 spiro atoms. The van der Waals surface area contributed by atoms with Gasteiger partial charge in [0, 0.05) is 18.2 Å². The fraction of sp³-hybridized carbons (Fsp3) is 0.467. The van der Waals surface area contributed by atoms with Crippen LogP contribution in [0, 0.1) is 0 Å². The van der Waals surface area contributed by atoms with Crippen molar-refractivity contribution in [1.82, 2.24) is 5.32 Å². The summed E-state index contributed by atoms with van der Waals surface area (Å²) in [4.78, 5) is 22.2. The van der Waals surface area contributed by atoms with Crippen LogP contribution in [-0.2, 0) is 11.2 Å². The predicted molar refractivity (Wildman–Crippen MR) is 78.9 cm³/mol. The van der Waals surface area contributed by atoms with E-state index in [9.17, 15) is 9.59 Å². The smallest absolute Gasteiger partial charge is 0.319 e. The van der Waals surface area contributed by atoms with Crippen LogP contribution in [0.5, 0.6) is 0 Å². The summed E-state index contributed by atoms with van der Waals surface area (Å²) < 4.78 is 0. The van der Waals surface area contributed by atoms with Gasteiger partial charge in [-0.3, -0.25) is 4.79 Å². The van der Waals surface area contributed by atoms with Crippen molar-refractivity contribution in [2.75, 3.05) is 5.32 Å². The SMILES string of the molecule is CCCC(C)NC(=O)Nc1ccc(CCC(=O)O)cc1. The summed E-state index contributed by atoms with van der Waals surface area (Å²) in [6.45, 7) is 4.05. The van der Waals surface area contributed by atoms with Gasteiger partial charge in [0.15, 0.2) is 0 Å². The van der Waals surface area contributed by atoms with Gasteiger partial charge in [-0.05, 0) is 37.5 Å². The van der Waals surface area contributed by atoms with E-state index in [1.807, 2.05) is 19.1 Å². The Hall–Kier alpha value is -2.04. The first-order valence-corrected chi connectivity index (χ1v) is 6.89. The maximum atomic E-state index is 11.7. The Bertz CT molecular complexity index is 443. The molecule has 5 nitrogen and oxygen atoms in total. The first-order chi connectivity index (χ1) is 9.51. The van der Waals surface area contributed by atoms with Crippen LogP contribution < -0.4 is 10.6 Å². The maximum Gasteiger partial charge on any atom is 0.319 e. The number of anilines is 1. The molecular formula is C15H22N2O3. The first-order valence-electron chi connectivity index (χ1n) is 6.89. The average Bonchev–Trinajstić information content (AvgIpc) is 2.37. The second kappa shape index (κ2) is 8.19. The van der Waals surface area contributed by atoms with E-state index in [-0.39, 0.29) is 18.5 Å². The molecule has 1 atom stereocenters. The molecule has 0 radical (unpaired) electrons. The van der Waals surface area contributed by atoms with E-state index in [2.05, 4.69) is 17.6 Å². The van der Waals surface area contributed by atoms with Crippen molar-refractivity contribution in [1.29, 1.82) is 0 Å². The number of hydrogen-bond donors (Lipinski definition) is 3. The zero-order valence-corrected chi connectivity index (χ0v) is 12.0. The second-order valence-electron chi connectivity index (χ2n) is 4.88. The molecule has 1 aromatic carbocycles. The summed E-state index contributed by atoms with van der Waals surface area (Å²) in [5.41, 5.74) is 1.64. The number of carbonyl (C=O) groups is 2. The van der Waals surface area contributed by atoms with Gasteiger partial charge in [-0.2, -0.15) is 0 Å². The van der Waals surface area contributed by atoms with Gasteiger partial charge in [0.25, 0.3) is 0 Å². The third-order valence-corrected chi connectivity index (χ3v) is 2.94. The number of nitrogens with one attached hydrogen (secondary N) is 2. The van der Waals surface area contributed by atoms with Gasteiger partial charge >= 0.3 is 12.0 Å². The number of carboxylic acids is 1. The fourth-order valence-corrected chi connectivity index (χ4v) is 1.90. The van der Waals surface area contributed by atoms with E-state index in [0.29, 0.717) is 12.1 Å². The molecule has 110 valence electrons. The van der Waals surface area contributed by atoms with Gasteiger partial charge < -0.3 is 15.7 Å². The summed E-state index contributed by atoms with van der Waals surface area (Å²) in [7, 11) is 0. The molecule has 0 aromatic heterocycles. The van der Waals surface area contributed by atoms with Gasteiger partial charge in [-0.15, -0.1) is 0 Å². The molecule has 0 fully saturated rings. The minimum absolute atomic E-state index is 0.113. The number of carbonyl (C=O) groups excluding carboxylic acids is 1. The number of rotatable bonds is 7. The zero-order valence-electron chi connectivity index (χ0n) is 12.0. The normalized spacial score (nSPS) is 11.7. The zero-order chi connectivity index (χ0) is 15.0. The van der Waals surface area contributed by atoms with Crippen molar-refractivity contribution in [3.8, 4) is 0 Å². The molecule has 20 heavy (non-hydrogen) atoms. The predicted octanol–water partition coefficient (Wildman–Crippen LogP) is 3.01. The molecule has 1 rings (SSSR count). The van der Waals surface area contributed by atoms with Crippen molar-refractivity contribution >= 4 is 17.7 Å². The number of carboxylic acid groups (broad SMARTS) is 1. The Morgan fingerprint density at radius 1 is 1.25 bits per heavy atom. The van der Waals surface area contributed by atoms with Gasteiger partial charge in [0.2, 0.25) is 0 Å². The highest BCUT2D eigenvalue weighted by molar-refractivity contribution is 5.89.